The van der Waals surface area contributed by atoms with Gasteiger partial charge in [-0.3, -0.25) is 9.59 Å². The van der Waals surface area contributed by atoms with Gasteiger partial charge in [-0.15, -0.1) is 0 Å². The molecule has 0 unspecified atom stereocenters. The highest BCUT2D eigenvalue weighted by Gasteiger charge is 2.47. The minimum Gasteiger partial charge on any atom is -0.481 e. The molecule has 2 aliphatic carbocycles. The molecule has 1 saturated carbocycles. The molecular formula is C25H26N2O5. The molecule has 2 amide bonds. The first-order valence-corrected chi connectivity index (χ1v) is 11.1. The monoisotopic (exact) mass is 434 g/mol. The number of nitrogens with one attached hydrogen (secondary N) is 1. The number of carboxylic acids is 1. The lowest BCUT2D eigenvalue weighted by atomic mass is 9.96. The van der Waals surface area contributed by atoms with Gasteiger partial charge >= 0.3 is 12.1 Å². The fraction of sp³-hybridized carbons (Fsp3) is 0.400. The van der Waals surface area contributed by atoms with Crippen LogP contribution in [0, 0.1) is 17.8 Å². The van der Waals surface area contributed by atoms with E-state index in [-0.39, 0.29) is 42.6 Å². The molecule has 0 bridgehead atoms. The standard InChI is InChI=1S/C25H26N2O5/c28-23(29)9-15-12-27(13-15)24(30)21-10-16(21)11-26-25(31)32-14-22-19-7-3-1-5-17(19)18-6-2-4-8-20(18)22/h1-8,15-16,21-22H,9-14H2,(H,26,31)(H,28,29)/t16-,21-/m1/s1. The number of nitrogens with zero attached hydrogens (tertiary/aromatic N) is 1. The largest absolute Gasteiger partial charge is 0.481 e. The highest BCUT2D eigenvalue weighted by molar-refractivity contribution is 5.83. The molecule has 3 aliphatic rings. The number of benzene rings is 2. The molecule has 1 aliphatic heterocycles. The third-order valence-corrected chi connectivity index (χ3v) is 6.82. The Morgan fingerprint density at radius 1 is 1.00 bits per heavy atom. The second-order valence-electron chi connectivity index (χ2n) is 9.02. The minimum atomic E-state index is -0.821. The summed E-state index contributed by atoms with van der Waals surface area (Å²) in [7, 11) is 0. The third kappa shape index (κ3) is 3.95. The number of aliphatic carboxylic acids is 1. The predicted molar refractivity (Wildman–Crippen MR) is 117 cm³/mol. The van der Waals surface area contributed by atoms with Crippen LogP contribution in [0.4, 0.5) is 4.79 Å². The van der Waals surface area contributed by atoms with E-state index < -0.39 is 12.1 Å². The average molecular weight is 434 g/mol. The zero-order valence-corrected chi connectivity index (χ0v) is 17.7. The smallest absolute Gasteiger partial charge is 0.407 e. The number of carbonyl (C=O) groups excluding carboxylic acids is 2. The van der Waals surface area contributed by atoms with Crippen LogP contribution in [0.25, 0.3) is 11.1 Å². The fourth-order valence-corrected chi connectivity index (χ4v) is 5.00. The molecule has 0 radical (unpaired) electrons. The van der Waals surface area contributed by atoms with Crippen LogP contribution < -0.4 is 5.32 Å². The van der Waals surface area contributed by atoms with E-state index in [0.29, 0.717) is 19.6 Å². The minimum absolute atomic E-state index is 0.0218. The summed E-state index contributed by atoms with van der Waals surface area (Å²) in [6, 6.07) is 16.4. The number of rotatable bonds is 7. The first kappa shape index (κ1) is 20.5. The van der Waals surface area contributed by atoms with Crippen LogP contribution in [0.5, 0.6) is 0 Å². The van der Waals surface area contributed by atoms with Gasteiger partial charge in [0.05, 0.1) is 6.42 Å². The Morgan fingerprint density at radius 3 is 2.25 bits per heavy atom. The number of likely N-dealkylation sites (tertiary alicyclic amines) is 1. The van der Waals surface area contributed by atoms with E-state index in [1.807, 2.05) is 24.3 Å². The summed E-state index contributed by atoms with van der Waals surface area (Å²) >= 11 is 0. The van der Waals surface area contributed by atoms with Crippen molar-refractivity contribution in [1.82, 2.24) is 10.2 Å². The first-order valence-electron chi connectivity index (χ1n) is 11.1. The Kier molecular flexibility index (Phi) is 5.33. The van der Waals surface area contributed by atoms with Crippen molar-refractivity contribution in [3.8, 4) is 11.1 Å². The Balaban J connectivity index is 1.08. The summed E-state index contributed by atoms with van der Waals surface area (Å²) in [4.78, 5) is 37.2. The zero-order valence-electron chi connectivity index (χ0n) is 17.7. The highest BCUT2D eigenvalue weighted by atomic mass is 16.5. The number of alkyl carbamates (subject to hydrolysis) is 1. The van der Waals surface area contributed by atoms with Gasteiger partial charge in [-0.25, -0.2) is 4.79 Å². The summed E-state index contributed by atoms with van der Waals surface area (Å²) in [6.45, 7) is 1.73. The van der Waals surface area contributed by atoms with Crippen LogP contribution in [-0.2, 0) is 14.3 Å². The molecule has 2 N–H and O–H groups in total. The number of hydrogen-bond acceptors (Lipinski definition) is 4. The first-order chi connectivity index (χ1) is 15.5. The molecular weight excluding hydrogens is 408 g/mol. The van der Waals surface area contributed by atoms with Crippen molar-refractivity contribution in [3.63, 3.8) is 0 Å². The van der Waals surface area contributed by atoms with E-state index in [1.54, 1.807) is 4.90 Å². The molecule has 1 heterocycles. The van der Waals surface area contributed by atoms with Gasteiger partial charge in [0, 0.05) is 37.4 Å². The van der Waals surface area contributed by atoms with E-state index in [2.05, 4.69) is 29.6 Å². The number of hydrogen-bond donors (Lipinski definition) is 2. The SMILES string of the molecule is O=C(O)CC1CN(C(=O)[C@@H]2C[C@@H]2CNC(=O)OCC2c3ccccc3-c3ccccc32)C1. The van der Waals surface area contributed by atoms with Crippen molar-refractivity contribution in [1.29, 1.82) is 0 Å². The lowest BCUT2D eigenvalue weighted by molar-refractivity contribution is -0.145. The Hall–Kier alpha value is -3.35. The van der Waals surface area contributed by atoms with E-state index >= 15 is 0 Å². The highest BCUT2D eigenvalue weighted by Crippen LogP contribution is 2.44. The van der Waals surface area contributed by atoms with Crippen LogP contribution in [0.15, 0.2) is 48.5 Å². The van der Waals surface area contributed by atoms with Gasteiger partial charge in [0.15, 0.2) is 0 Å². The summed E-state index contributed by atoms with van der Waals surface area (Å²) in [5, 5.41) is 11.6. The molecule has 2 atom stereocenters. The molecule has 2 aromatic rings. The maximum Gasteiger partial charge on any atom is 0.407 e. The van der Waals surface area contributed by atoms with Crippen molar-refractivity contribution in [2.24, 2.45) is 17.8 Å². The average Bonchev–Trinajstić information content (AvgIpc) is 3.48. The van der Waals surface area contributed by atoms with E-state index in [0.717, 1.165) is 6.42 Å². The number of carboxylic acid groups (broad SMARTS) is 1. The summed E-state index contributed by atoms with van der Waals surface area (Å²) in [5.41, 5.74) is 4.72. The van der Waals surface area contributed by atoms with Gasteiger partial charge in [0.2, 0.25) is 5.91 Å². The molecule has 0 aromatic heterocycles. The van der Waals surface area contributed by atoms with Crippen molar-refractivity contribution in [2.75, 3.05) is 26.2 Å². The van der Waals surface area contributed by atoms with E-state index in [1.165, 1.54) is 22.3 Å². The Morgan fingerprint density at radius 2 is 1.62 bits per heavy atom. The second kappa shape index (κ2) is 8.30. The lowest BCUT2D eigenvalue weighted by Crippen LogP contribution is -2.51. The normalized spacial score (nSPS) is 21.3. The molecule has 32 heavy (non-hydrogen) atoms. The van der Waals surface area contributed by atoms with Crippen LogP contribution in [0.3, 0.4) is 0 Å². The van der Waals surface area contributed by atoms with Crippen LogP contribution in [-0.4, -0.2) is 54.2 Å². The second-order valence-corrected chi connectivity index (χ2v) is 9.02. The summed E-state index contributed by atoms with van der Waals surface area (Å²) in [6.07, 6.45) is 0.402. The van der Waals surface area contributed by atoms with Gasteiger partial charge < -0.3 is 20.1 Å². The van der Waals surface area contributed by atoms with E-state index in [9.17, 15) is 14.4 Å². The maximum absolute atomic E-state index is 12.4. The van der Waals surface area contributed by atoms with Crippen molar-refractivity contribution >= 4 is 18.0 Å². The molecule has 7 heteroatoms. The lowest BCUT2D eigenvalue weighted by Gasteiger charge is -2.38. The van der Waals surface area contributed by atoms with Gasteiger partial charge in [-0.05, 0) is 34.6 Å². The van der Waals surface area contributed by atoms with Gasteiger partial charge in [0.1, 0.15) is 6.61 Å². The molecule has 2 aromatic carbocycles. The molecule has 7 nitrogen and oxygen atoms in total. The van der Waals surface area contributed by atoms with Crippen molar-refractivity contribution < 1.29 is 24.2 Å². The number of amides is 2. The zero-order chi connectivity index (χ0) is 22.2. The third-order valence-electron chi connectivity index (χ3n) is 6.82. The van der Waals surface area contributed by atoms with Gasteiger partial charge in [0.25, 0.3) is 0 Å². The Labute approximate surface area is 186 Å². The predicted octanol–water partition coefficient (Wildman–Crippen LogP) is 3.09. The quantitative estimate of drug-likeness (QED) is 0.698. The van der Waals surface area contributed by atoms with Crippen LogP contribution in [0.2, 0.25) is 0 Å². The topological polar surface area (TPSA) is 95.9 Å². The number of ether oxygens (including phenoxy) is 1. The fourth-order valence-electron chi connectivity index (χ4n) is 5.00. The molecule has 166 valence electrons. The van der Waals surface area contributed by atoms with Gasteiger partial charge in [-0.1, -0.05) is 48.5 Å². The number of fused-ring (bicyclic) bond motifs is 3. The van der Waals surface area contributed by atoms with Gasteiger partial charge in [-0.2, -0.15) is 0 Å². The van der Waals surface area contributed by atoms with Crippen LogP contribution >= 0.6 is 0 Å². The van der Waals surface area contributed by atoms with Crippen molar-refractivity contribution in [2.45, 2.75) is 18.8 Å². The molecule has 2 fully saturated rings. The summed E-state index contributed by atoms with van der Waals surface area (Å²) < 4.78 is 5.54. The molecule has 0 spiro atoms. The summed E-state index contributed by atoms with van der Waals surface area (Å²) in [5.74, 6) is -0.609. The van der Waals surface area contributed by atoms with Crippen LogP contribution in [0.1, 0.15) is 29.9 Å². The molecule has 5 rings (SSSR count). The Bertz CT molecular complexity index is 1020. The number of carbonyl (C=O) groups is 3. The van der Waals surface area contributed by atoms with Crippen molar-refractivity contribution in [3.05, 3.63) is 59.7 Å². The molecule has 1 saturated heterocycles. The van der Waals surface area contributed by atoms with E-state index in [4.69, 9.17) is 9.84 Å². The maximum atomic E-state index is 12.4.